The number of hydrogen-bond acceptors (Lipinski definition) is 8. The molecule has 0 spiro atoms. The number of carbonyl (C=O) groups is 1. The molecule has 1 aliphatic rings. The van der Waals surface area contributed by atoms with Crippen molar-refractivity contribution < 1.29 is 41.3 Å². The van der Waals surface area contributed by atoms with Crippen LogP contribution in [0.5, 0.6) is 28.7 Å². The van der Waals surface area contributed by atoms with Crippen LogP contribution in [0.3, 0.4) is 0 Å². The molecule has 0 atom stereocenters. The highest BCUT2D eigenvalue weighted by molar-refractivity contribution is 5.93. The van der Waals surface area contributed by atoms with Crippen molar-refractivity contribution in [3.8, 4) is 28.7 Å². The summed E-state index contributed by atoms with van der Waals surface area (Å²) in [5.74, 6) is -2.57. The van der Waals surface area contributed by atoms with Crippen molar-refractivity contribution in [3.05, 3.63) is 86.8 Å². The van der Waals surface area contributed by atoms with Gasteiger partial charge in [0.1, 0.15) is 17.1 Å². The molecule has 0 radical (unpaired) electrons. The van der Waals surface area contributed by atoms with E-state index in [2.05, 4.69) is 0 Å². The van der Waals surface area contributed by atoms with Crippen LogP contribution in [0.15, 0.2) is 57.7 Å². The highest BCUT2D eigenvalue weighted by atomic mass is 19.4. The van der Waals surface area contributed by atoms with Crippen LogP contribution in [0.1, 0.15) is 52.1 Å². The second kappa shape index (κ2) is 12.6. The van der Waals surface area contributed by atoms with Crippen LogP contribution in [0.4, 0.5) is 13.2 Å². The highest BCUT2D eigenvalue weighted by Gasteiger charge is 2.41. The van der Waals surface area contributed by atoms with Gasteiger partial charge in [0.25, 0.3) is 5.76 Å². The quantitative estimate of drug-likeness (QED) is 0.150. The number of halogens is 3. The minimum atomic E-state index is -5.06. The van der Waals surface area contributed by atoms with Crippen molar-refractivity contribution in [1.82, 2.24) is 4.90 Å². The first kappa shape index (κ1) is 30.9. The monoisotopic (exact) mass is 611 g/mol. The number of nitrogens with zero attached hydrogens (tertiary/aromatic N) is 1. The number of fused-ring (bicyclic) bond motifs is 1. The summed E-state index contributed by atoms with van der Waals surface area (Å²) in [6, 6.07) is 11.9. The van der Waals surface area contributed by atoms with Crippen molar-refractivity contribution in [2.45, 2.75) is 45.8 Å². The number of piperidine rings is 1. The third kappa shape index (κ3) is 6.37. The zero-order valence-electron chi connectivity index (χ0n) is 24.8. The molecule has 0 bridgehead atoms. The summed E-state index contributed by atoms with van der Waals surface area (Å²) in [6.45, 7) is 5.11. The lowest BCUT2D eigenvalue weighted by molar-refractivity contribution is -0.154. The van der Waals surface area contributed by atoms with Gasteiger partial charge in [0, 0.05) is 6.54 Å². The Bertz CT molecular complexity index is 1760. The topological polar surface area (TPSA) is 87.4 Å². The molecule has 0 saturated carbocycles. The molecule has 0 amide bonds. The minimum absolute atomic E-state index is 0.0260. The van der Waals surface area contributed by atoms with Crippen molar-refractivity contribution >= 4 is 16.9 Å². The van der Waals surface area contributed by atoms with E-state index in [1.807, 2.05) is 11.8 Å². The second-order valence-corrected chi connectivity index (χ2v) is 10.7. The number of likely N-dealkylation sites (tertiary alicyclic amines) is 1. The summed E-state index contributed by atoms with van der Waals surface area (Å²) in [7, 11) is 2.88. The van der Waals surface area contributed by atoms with Crippen LogP contribution in [0, 0.1) is 13.8 Å². The van der Waals surface area contributed by atoms with Crippen LogP contribution >= 0.6 is 0 Å². The average molecular weight is 612 g/mol. The number of alkyl halides is 3. The van der Waals surface area contributed by atoms with E-state index in [1.54, 1.807) is 19.1 Å². The van der Waals surface area contributed by atoms with Gasteiger partial charge in [-0.05, 0) is 93.4 Å². The maximum Gasteiger partial charge on any atom is 0.453 e. The third-order valence-electron chi connectivity index (χ3n) is 7.69. The van der Waals surface area contributed by atoms with Crippen LogP contribution in [-0.4, -0.2) is 38.2 Å². The molecule has 0 aliphatic carbocycles. The van der Waals surface area contributed by atoms with Crippen molar-refractivity contribution in [1.29, 1.82) is 0 Å². The van der Waals surface area contributed by atoms with Gasteiger partial charge >= 0.3 is 12.1 Å². The first-order chi connectivity index (χ1) is 21.0. The smallest absolute Gasteiger partial charge is 0.453 e. The van der Waals surface area contributed by atoms with Crippen LogP contribution in [0.25, 0.3) is 11.0 Å². The fraction of sp³-hybridized carbons (Fsp3) is 0.333. The van der Waals surface area contributed by atoms with Crippen LogP contribution < -0.4 is 24.4 Å². The summed E-state index contributed by atoms with van der Waals surface area (Å²) < 4.78 is 70.6. The number of esters is 1. The van der Waals surface area contributed by atoms with Crippen LogP contribution in [0.2, 0.25) is 0 Å². The number of aryl methyl sites for hydroxylation is 2. The summed E-state index contributed by atoms with van der Waals surface area (Å²) in [4.78, 5) is 28.9. The van der Waals surface area contributed by atoms with E-state index in [9.17, 15) is 22.8 Å². The van der Waals surface area contributed by atoms with Gasteiger partial charge in [-0.1, -0.05) is 12.5 Å². The molecule has 8 nitrogen and oxygen atoms in total. The lowest BCUT2D eigenvalue weighted by atomic mass is 10.1. The standard InChI is InChI=1S/C33H32F3NO7/c1-19-8-10-22(16-20(19)2)42-30-28(38)23-11-13-25(43-32(39)21-9-12-26(40-3)27(17-21)41-4)24(18-37-14-6-5-7-15-37)29(23)44-31(30)33(34,35)36/h8-13,16-17H,5-7,14-15,18H2,1-4H3. The largest absolute Gasteiger partial charge is 0.493 e. The SMILES string of the molecule is COc1ccc(C(=O)Oc2ccc3c(=O)c(Oc4ccc(C)c(C)c4)c(C(F)(F)F)oc3c2CN2CCCCC2)cc1OC. The number of carbonyl (C=O) groups excluding carboxylic acids is 1. The van der Waals surface area contributed by atoms with Gasteiger partial charge in [0.2, 0.25) is 11.2 Å². The first-order valence-corrected chi connectivity index (χ1v) is 14.1. The van der Waals surface area contributed by atoms with E-state index in [1.165, 1.54) is 50.6 Å². The zero-order chi connectivity index (χ0) is 31.6. The lowest BCUT2D eigenvalue weighted by Gasteiger charge is -2.27. The Morgan fingerprint density at radius 3 is 2.25 bits per heavy atom. The van der Waals surface area contributed by atoms with E-state index in [0.29, 0.717) is 24.6 Å². The van der Waals surface area contributed by atoms with E-state index in [0.717, 1.165) is 30.4 Å². The number of rotatable bonds is 8. The maximum absolute atomic E-state index is 14.4. The third-order valence-corrected chi connectivity index (χ3v) is 7.69. The molecule has 1 fully saturated rings. The fourth-order valence-corrected chi connectivity index (χ4v) is 5.16. The molecular formula is C33H32F3NO7. The molecule has 3 aromatic carbocycles. The molecular weight excluding hydrogens is 579 g/mol. The number of hydrogen-bond donors (Lipinski definition) is 0. The number of benzene rings is 3. The minimum Gasteiger partial charge on any atom is -0.493 e. The van der Waals surface area contributed by atoms with Gasteiger partial charge in [-0.3, -0.25) is 9.69 Å². The van der Waals surface area contributed by atoms with E-state index >= 15 is 0 Å². The van der Waals surface area contributed by atoms with Gasteiger partial charge in [-0.25, -0.2) is 4.79 Å². The van der Waals surface area contributed by atoms with Crippen LogP contribution in [-0.2, 0) is 12.7 Å². The van der Waals surface area contributed by atoms with E-state index in [4.69, 9.17) is 23.4 Å². The first-order valence-electron chi connectivity index (χ1n) is 14.1. The molecule has 5 rings (SSSR count). The zero-order valence-corrected chi connectivity index (χ0v) is 24.8. The average Bonchev–Trinajstić information content (AvgIpc) is 3.00. The summed E-state index contributed by atoms with van der Waals surface area (Å²) >= 11 is 0. The van der Waals surface area contributed by atoms with Gasteiger partial charge in [-0.15, -0.1) is 0 Å². The Morgan fingerprint density at radius 2 is 1.59 bits per heavy atom. The number of methoxy groups -OCH3 is 2. The van der Waals surface area contributed by atoms with Gasteiger partial charge < -0.3 is 23.4 Å². The molecule has 2 heterocycles. The molecule has 1 saturated heterocycles. The lowest BCUT2D eigenvalue weighted by Crippen LogP contribution is -2.29. The van der Waals surface area contributed by atoms with Crippen molar-refractivity contribution in [2.75, 3.05) is 27.3 Å². The normalized spacial score (nSPS) is 14.0. The Balaban J connectivity index is 1.64. The predicted octanol–water partition coefficient (Wildman–Crippen LogP) is 7.44. The molecule has 232 valence electrons. The fourth-order valence-electron chi connectivity index (χ4n) is 5.16. The van der Waals surface area contributed by atoms with Gasteiger partial charge in [0.05, 0.1) is 30.7 Å². The van der Waals surface area contributed by atoms with Crippen molar-refractivity contribution in [3.63, 3.8) is 0 Å². The Labute approximate surface area is 251 Å². The molecule has 1 aliphatic heterocycles. The number of ether oxygens (including phenoxy) is 4. The maximum atomic E-state index is 14.4. The second-order valence-electron chi connectivity index (χ2n) is 10.7. The Hall–Kier alpha value is -4.51. The van der Waals surface area contributed by atoms with Gasteiger partial charge in [-0.2, -0.15) is 13.2 Å². The Kier molecular flexibility index (Phi) is 8.87. The predicted molar refractivity (Wildman–Crippen MR) is 157 cm³/mol. The summed E-state index contributed by atoms with van der Waals surface area (Å²) in [5.41, 5.74) is 0.662. The molecule has 4 aromatic rings. The van der Waals surface area contributed by atoms with E-state index < -0.39 is 29.1 Å². The molecule has 1 aromatic heterocycles. The van der Waals surface area contributed by atoms with Crippen molar-refractivity contribution in [2.24, 2.45) is 0 Å². The molecule has 44 heavy (non-hydrogen) atoms. The Morgan fingerprint density at radius 1 is 0.886 bits per heavy atom. The van der Waals surface area contributed by atoms with E-state index in [-0.39, 0.29) is 40.1 Å². The molecule has 0 N–H and O–H groups in total. The summed E-state index contributed by atoms with van der Waals surface area (Å²) in [5, 5.41) is -0.130. The molecule has 11 heteroatoms. The summed E-state index contributed by atoms with van der Waals surface area (Å²) in [6.07, 6.45) is -2.23. The molecule has 0 unspecified atom stereocenters. The van der Waals surface area contributed by atoms with Gasteiger partial charge in [0.15, 0.2) is 11.5 Å². The highest BCUT2D eigenvalue weighted by Crippen LogP contribution is 2.41.